The molecular weight excluding hydrogens is 407 g/mol. The lowest BCUT2D eigenvalue weighted by Crippen LogP contribution is -2.20. The molecule has 0 fully saturated rings. The number of rotatable bonds is 6. The third-order valence-electron chi connectivity index (χ3n) is 3.91. The fourth-order valence-electron chi connectivity index (χ4n) is 2.60. The molecule has 0 aliphatic heterocycles. The molecule has 0 aliphatic carbocycles. The van der Waals surface area contributed by atoms with Crippen molar-refractivity contribution in [3.63, 3.8) is 0 Å². The van der Waals surface area contributed by atoms with Crippen LogP contribution in [0.1, 0.15) is 17.3 Å². The maximum atomic E-state index is 12.7. The number of halogens is 2. The van der Waals surface area contributed by atoms with Crippen molar-refractivity contribution in [3.8, 4) is 5.75 Å². The summed E-state index contributed by atoms with van der Waals surface area (Å²) >= 11 is 14.0. The van der Waals surface area contributed by atoms with Crippen molar-refractivity contribution in [1.82, 2.24) is 4.57 Å². The van der Waals surface area contributed by atoms with E-state index in [4.69, 9.17) is 32.7 Å². The van der Waals surface area contributed by atoms with E-state index in [9.17, 15) is 4.79 Å². The molecule has 0 spiro atoms. The van der Waals surface area contributed by atoms with E-state index in [1.165, 1.54) is 11.3 Å². The van der Waals surface area contributed by atoms with Crippen LogP contribution in [0.4, 0.5) is 0 Å². The molecule has 0 N–H and O–H groups in total. The topological polar surface area (TPSA) is 52.8 Å². The number of nitrogens with zero attached hydrogens (tertiary/aromatic N) is 2. The van der Waals surface area contributed by atoms with Crippen LogP contribution in [0.3, 0.4) is 0 Å². The van der Waals surface area contributed by atoms with E-state index < -0.39 is 0 Å². The summed E-state index contributed by atoms with van der Waals surface area (Å²) < 4.78 is 13.4. The summed E-state index contributed by atoms with van der Waals surface area (Å²) in [5.74, 6) is 0.249. The van der Waals surface area contributed by atoms with Gasteiger partial charge in [0, 0.05) is 18.7 Å². The maximum absolute atomic E-state index is 12.7. The molecule has 0 aliphatic rings. The first kappa shape index (κ1) is 19.9. The molecule has 0 radical (unpaired) electrons. The van der Waals surface area contributed by atoms with Gasteiger partial charge in [0.25, 0.3) is 5.91 Å². The Balaban J connectivity index is 2.11. The van der Waals surface area contributed by atoms with Crippen molar-refractivity contribution in [2.45, 2.75) is 13.5 Å². The van der Waals surface area contributed by atoms with Gasteiger partial charge in [0.2, 0.25) is 0 Å². The minimum Gasteiger partial charge on any atom is -0.497 e. The first-order valence-corrected chi connectivity index (χ1v) is 9.90. The fraction of sp³-hybridized carbons (Fsp3) is 0.263. The third-order valence-corrected chi connectivity index (χ3v) is 5.75. The molecule has 0 saturated heterocycles. The Morgan fingerprint density at radius 3 is 2.81 bits per heavy atom. The van der Waals surface area contributed by atoms with E-state index in [-0.39, 0.29) is 5.91 Å². The molecule has 3 rings (SSSR count). The van der Waals surface area contributed by atoms with Gasteiger partial charge in [0.15, 0.2) is 4.80 Å². The molecule has 8 heteroatoms. The number of benzene rings is 2. The Bertz CT molecular complexity index is 1040. The number of aromatic nitrogens is 1. The second-order valence-electron chi connectivity index (χ2n) is 5.59. The van der Waals surface area contributed by atoms with Crippen LogP contribution in [0.25, 0.3) is 10.2 Å². The first-order valence-electron chi connectivity index (χ1n) is 8.33. The predicted molar refractivity (Wildman–Crippen MR) is 109 cm³/mol. The largest absolute Gasteiger partial charge is 0.497 e. The molecule has 0 unspecified atom stereocenters. The highest BCUT2D eigenvalue weighted by Gasteiger charge is 2.14. The summed E-state index contributed by atoms with van der Waals surface area (Å²) in [6.45, 7) is 3.52. The Labute approximate surface area is 170 Å². The second kappa shape index (κ2) is 8.89. The van der Waals surface area contributed by atoms with E-state index >= 15 is 0 Å². The number of carbonyl (C=O) groups is 1. The van der Waals surface area contributed by atoms with Gasteiger partial charge in [0.05, 0.1) is 34.0 Å². The number of methoxy groups -OCH3 is 1. The molecule has 1 aromatic heterocycles. The number of thiazole rings is 1. The van der Waals surface area contributed by atoms with Gasteiger partial charge < -0.3 is 14.0 Å². The van der Waals surface area contributed by atoms with Crippen LogP contribution in [0.5, 0.6) is 5.75 Å². The van der Waals surface area contributed by atoms with Crippen LogP contribution in [0.15, 0.2) is 41.4 Å². The lowest BCUT2D eigenvalue weighted by molar-refractivity contribution is 0.0996. The molecule has 0 saturated carbocycles. The van der Waals surface area contributed by atoms with Crippen molar-refractivity contribution < 1.29 is 14.3 Å². The van der Waals surface area contributed by atoms with Crippen molar-refractivity contribution in [1.29, 1.82) is 0 Å². The average Bonchev–Trinajstić information content (AvgIpc) is 3.03. The molecule has 2 aromatic carbocycles. The monoisotopic (exact) mass is 424 g/mol. The number of carbonyl (C=O) groups excluding carboxylic acids is 1. The van der Waals surface area contributed by atoms with Crippen molar-refractivity contribution in [2.24, 2.45) is 4.99 Å². The van der Waals surface area contributed by atoms with E-state index in [1.54, 1.807) is 37.4 Å². The number of hydrogen-bond donors (Lipinski definition) is 0. The predicted octanol–water partition coefficient (Wildman–Crippen LogP) is 4.80. The summed E-state index contributed by atoms with van der Waals surface area (Å²) in [6, 6.07) is 10.5. The highest BCUT2D eigenvalue weighted by Crippen LogP contribution is 2.32. The van der Waals surface area contributed by atoms with Gasteiger partial charge in [-0.15, -0.1) is 0 Å². The van der Waals surface area contributed by atoms with Gasteiger partial charge >= 0.3 is 0 Å². The quantitative estimate of drug-likeness (QED) is 0.534. The Hall–Kier alpha value is -1.86. The van der Waals surface area contributed by atoms with E-state index in [0.29, 0.717) is 45.9 Å². The normalized spacial score (nSPS) is 11.9. The highest BCUT2D eigenvalue weighted by atomic mass is 35.5. The van der Waals surface area contributed by atoms with E-state index in [0.717, 1.165) is 10.2 Å². The zero-order valence-electron chi connectivity index (χ0n) is 14.9. The Morgan fingerprint density at radius 2 is 2.07 bits per heavy atom. The van der Waals surface area contributed by atoms with E-state index in [1.807, 2.05) is 17.6 Å². The summed E-state index contributed by atoms with van der Waals surface area (Å²) in [7, 11) is 1.56. The average molecular weight is 425 g/mol. The summed E-state index contributed by atoms with van der Waals surface area (Å²) in [6.07, 6.45) is 0. The van der Waals surface area contributed by atoms with Crippen LogP contribution in [0, 0.1) is 0 Å². The minimum atomic E-state index is -0.354. The lowest BCUT2D eigenvalue weighted by Gasteiger charge is -2.07. The zero-order chi connectivity index (χ0) is 19.4. The molecule has 0 atom stereocenters. The Kier molecular flexibility index (Phi) is 6.55. The van der Waals surface area contributed by atoms with Gasteiger partial charge in [-0.2, -0.15) is 4.99 Å². The fourth-order valence-corrected chi connectivity index (χ4v) is 4.14. The number of amides is 1. The van der Waals surface area contributed by atoms with Crippen molar-refractivity contribution >= 4 is 50.7 Å². The van der Waals surface area contributed by atoms with Crippen LogP contribution in [0.2, 0.25) is 10.0 Å². The van der Waals surface area contributed by atoms with Gasteiger partial charge in [-0.3, -0.25) is 4.79 Å². The molecule has 1 amide bonds. The highest BCUT2D eigenvalue weighted by molar-refractivity contribution is 7.16. The van der Waals surface area contributed by atoms with Gasteiger partial charge in [-0.05, 0) is 37.3 Å². The van der Waals surface area contributed by atoms with Crippen LogP contribution in [-0.4, -0.2) is 30.8 Å². The smallest absolute Gasteiger partial charge is 0.279 e. The molecule has 3 aromatic rings. The molecular formula is C19H18Cl2N2O3S. The molecule has 1 heterocycles. The SMILES string of the molecule is CCOCCn1c(=NC(=O)c2cccc(OC)c2)sc2ccc(Cl)c(Cl)c21. The number of hydrogen-bond acceptors (Lipinski definition) is 4. The molecule has 5 nitrogen and oxygen atoms in total. The maximum Gasteiger partial charge on any atom is 0.279 e. The van der Waals surface area contributed by atoms with Crippen molar-refractivity contribution in [2.75, 3.05) is 20.3 Å². The summed E-state index contributed by atoms with van der Waals surface area (Å²) in [5.41, 5.74) is 1.21. The second-order valence-corrected chi connectivity index (χ2v) is 7.38. The van der Waals surface area contributed by atoms with Crippen molar-refractivity contribution in [3.05, 3.63) is 56.8 Å². The van der Waals surface area contributed by atoms with Gasteiger partial charge in [0.1, 0.15) is 5.75 Å². The summed E-state index contributed by atoms with van der Waals surface area (Å²) in [4.78, 5) is 17.5. The number of fused-ring (bicyclic) bond motifs is 1. The molecule has 0 bridgehead atoms. The third kappa shape index (κ3) is 4.35. The zero-order valence-corrected chi connectivity index (χ0v) is 17.2. The molecule has 142 valence electrons. The van der Waals surface area contributed by atoms with Crippen LogP contribution in [-0.2, 0) is 11.3 Å². The van der Waals surface area contributed by atoms with Crippen LogP contribution >= 0.6 is 34.5 Å². The number of ether oxygens (including phenoxy) is 2. The minimum absolute atomic E-state index is 0.354. The van der Waals surface area contributed by atoms with E-state index in [2.05, 4.69) is 4.99 Å². The standard InChI is InChI=1S/C19H18Cl2N2O3S/c1-3-26-10-9-23-17-15(8-7-14(20)16(17)21)27-19(23)22-18(24)12-5-4-6-13(11-12)25-2/h4-8,11H,3,9-10H2,1-2H3. The first-order chi connectivity index (χ1) is 13.0. The van der Waals surface area contributed by atoms with Crippen LogP contribution < -0.4 is 9.54 Å². The summed E-state index contributed by atoms with van der Waals surface area (Å²) in [5, 5.41) is 0.898. The Morgan fingerprint density at radius 1 is 1.26 bits per heavy atom. The lowest BCUT2D eigenvalue weighted by atomic mass is 10.2. The molecule has 27 heavy (non-hydrogen) atoms. The van der Waals surface area contributed by atoms with Gasteiger partial charge in [-0.25, -0.2) is 0 Å². The van der Waals surface area contributed by atoms with Gasteiger partial charge in [-0.1, -0.05) is 40.6 Å².